The maximum Gasteiger partial charge on any atom is 0.211 e. The van der Waals surface area contributed by atoms with Crippen LogP contribution in [0.15, 0.2) is 18.2 Å². The number of methoxy groups -OCH3 is 1. The Hall–Kier alpha value is -2.11. The molecule has 2 aromatic rings. The normalized spacial score (nSPS) is 10.1. The van der Waals surface area contributed by atoms with E-state index < -0.39 is 0 Å². The van der Waals surface area contributed by atoms with Crippen molar-refractivity contribution in [1.82, 2.24) is 20.6 Å². The molecule has 0 bridgehead atoms. The molecule has 0 amide bonds. The monoisotopic (exact) mass is 220 g/mol. The number of rotatable bonds is 4. The Kier molecular flexibility index (Phi) is 3.00. The second-order valence-corrected chi connectivity index (χ2v) is 3.27. The summed E-state index contributed by atoms with van der Waals surface area (Å²) in [4.78, 5) is 0. The van der Waals surface area contributed by atoms with Gasteiger partial charge in [-0.15, -0.1) is 10.2 Å². The molecule has 6 heteroatoms. The fourth-order valence-electron chi connectivity index (χ4n) is 1.28. The molecule has 0 atom stereocenters. The maximum absolute atomic E-state index is 5.52. The van der Waals surface area contributed by atoms with Gasteiger partial charge in [-0.1, -0.05) is 11.3 Å². The molecule has 0 aliphatic carbocycles. The summed E-state index contributed by atoms with van der Waals surface area (Å²) < 4.78 is 10.7. The summed E-state index contributed by atoms with van der Waals surface area (Å²) in [6, 6.07) is 5.72. The third-order valence-electron chi connectivity index (χ3n) is 2.07. The highest BCUT2D eigenvalue weighted by molar-refractivity contribution is 5.42. The van der Waals surface area contributed by atoms with Crippen LogP contribution < -0.4 is 9.47 Å². The van der Waals surface area contributed by atoms with E-state index in [1.54, 1.807) is 7.11 Å². The molecule has 6 nitrogen and oxygen atoms in total. The van der Waals surface area contributed by atoms with Gasteiger partial charge >= 0.3 is 0 Å². The Morgan fingerprint density at radius 3 is 2.88 bits per heavy atom. The van der Waals surface area contributed by atoms with E-state index >= 15 is 0 Å². The van der Waals surface area contributed by atoms with Crippen molar-refractivity contribution in [1.29, 1.82) is 0 Å². The van der Waals surface area contributed by atoms with Crippen LogP contribution in [0.5, 0.6) is 11.5 Å². The van der Waals surface area contributed by atoms with Crippen LogP contribution in [0.1, 0.15) is 11.4 Å². The number of benzene rings is 1. The molecule has 1 aromatic heterocycles. The predicted molar refractivity (Wildman–Crippen MR) is 56.2 cm³/mol. The first kappa shape index (κ1) is 10.4. The zero-order valence-electron chi connectivity index (χ0n) is 9.10. The van der Waals surface area contributed by atoms with Crippen molar-refractivity contribution in [3.8, 4) is 11.5 Å². The topological polar surface area (TPSA) is 72.9 Å². The Bertz CT molecular complexity index is 456. The highest BCUT2D eigenvalue weighted by Crippen LogP contribution is 2.28. The maximum atomic E-state index is 5.52. The van der Waals surface area contributed by atoms with Crippen LogP contribution in [0.2, 0.25) is 0 Å². The molecule has 1 heterocycles. The van der Waals surface area contributed by atoms with E-state index in [1.807, 2.05) is 25.1 Å². The molecule has 0 aliphatic heterocycles. The van der Waals surface area contributed by atoms with Crippen LogP contribution in [0.25, 0.3) is 0 Å². The largest absolute Gasteiger partial charge is 0.493 e. The van der Waals surface area contributed by atoms with E-state index in [-0.39, 0.29) is 6.61 Å². The van der Waals surface area contributed by atoms with Gasteiger partial charge in [-0.05, 0) is 24.6 Å². The Morgan fingerprint density at radius 1 is 1.31 bits per heavy atom. The summed E-state index contributed by atoms with van der Waals surface area (Å²) in [6.45, 7) is 2.25. The summed E-state index contributed by atoms with van der Waals surface area (Å²) in [5.41, 5.74) is 1.11. The first-order valence-electron chi connectivity index (χ1n) is 4.79. The summed E-state index contributed by atoms with van der Waals surface area (Å²) in [5.74, 6) is 1.86. The lowest BCUT2D eigenvalue weighted by Gasteiger charge is -2.09. The van der Waals surface area contributed by atoms with Crippen molar-refractivity contribution < 1.29 is 9.47 Å². The number of hydrogen-bond acceptors (Lipinski definition) is 5. The van der Waals surface area contributed by atoms with Crippen molar-refractivity contribution >= 4 is 0 Å². The number of aromatic nitrogens is 4. The molecule has 2 rings (SSSR count). The van der Waals surface area contributed by atoms with Gasteiger partial charge in [0.15, 0.2) is 18.1 Å². The second-order valence-electron chi connectivity index (χ2n) is 3.27. The lowest BCUT2D eigenvalue weighted by molar-refractivity contribution is 0.276. The second kappa shape index (κ2) is 4.61. The molecule has 84 valence electrons. The third-order valence-corrected chi connectivity index (χ3v) is 2.07. The highest BCUT2D eigenvalue weighted by atomic mass is 16.5. The predicted octanol–water partition coefficient (Wildman–Crippen LogP) is 1.10. The molecule has 0 aliphatic rings. The van der Waals surface area contributed by atoms with Gasteiger partial charge in [0, 0.05) is 0 Å². The minimum Gasteiger partial charge on any atom is -0.493 e. The summed E-state index contributed by atoms with van der Waals surface area (Å²) in [5, 5.41) is 13.4. The van der Waals surface area contributed by atoms with Crippen molar-refractivity contribution in [3.63, 3.8) is 0 Å². The van der Waals surface area contributed by atoms with Crippen LogP contribution in [0.3, 0.4) is 0 Å². The van der Waals surface area contributed by atoms with Crippen molar-refractivity contribution in [2.75, 3.05) is 7.11 Å². The number of aryl methyl sites for hydroxylation is 1. The van der Waals surface area contributed by atoms with Gasteiger partial charge in [-0.3, -0.25) is 0 Å². The van der Waals surface area contributed by atoms with E-state index in [0.29, 0.717) is 17.3 Å². The minimum atomic E-state index is 0.260. The van der Waals surface area contributed by atoms with Gasteiger partial charge in [0.05, 0.1) is 7.11 Å². The van der Waals surface area contributed by atoms with Crippen molar-refractivity contribution in [3.05, 3.63) is 29.6 Å². The van der Waals surface area contributed by atoms with E-state index in [9.17, 15) is 0 Å². The van der Waals surface area contributed by atoms with Gasteiger partial charge in [0.1, 0.15) is 0 Å². The number of nitrogens with one attached hydrogen (secondary N) is 1. The number of ether oxygens (including phenoxy) is 2. The molecule has 1 aromatic carbocycles. The van der Waals surface area contributed by atoms with Crippen LogP contribution in [-0.2, 0) is 6.61 Å². The Labute approximate surface area is 92.6 Å². The summed E-state index contributed by atoms with van der Waals surface area (Å²) >= 11 is 0. The zero-order chi connectivity index (χ0) is 11.4. The third kappa shape index (κ3) is 2.28. The molecule has 0 saturated heterocycles. The Morgan fingerprint density at radius 2 is 2.19 bits per heavy atom. The molecular formula is C10H12N4O2. The fourth-order valence-corrected chi connectivity index (χ4v) is 1.28. The zero-order valence-corrected chi connectivity index (χ0v) is 9.10. The quantitative estimate of drug-likeness (QED) is 0.835. The van der Waals surface area contributed by atoms with Gasteiger partial charge in [0.25, 0.3) is 0 Å². The van der Waals surface area contributed by atoms with Crippen LogP contribution in [0, 0.1) is 6.92 Å². The standard InChI is InChI=1S/C10H12N4O2/c1-7-3-4-8(9(5-7)15-2)16-6-10-11-13-14-12-10/h3-5H,6H2,1-2H3,(H,11,12,13,14). The molecule has 0 saturated carbocycles. The summed E-state index contributed by atoms with van der Waals surface area (Å²) in [7, 11) is 1.61. The lowest BCUT2D eigenvalue weighted by atomic mass is 10.2. The molecule has 0 radical (unpaired) electrons. The average Bonchev–Trinajstić information content (AvgIpc) is 2.80. The number of nitrogens with zero attached hydrogens (tertiary/aromatic N) is 3. The van der Waals surface area contributed by atoms with E-state index in [0.717, 1.165) is 5.56 Å². The van der Waals surface area contributed by atoms with Gasteiger partial charge in [0.2, 0.25) is 5.82 Å². The molecule has 1 N–H and O–H groups in total. The van der Waals surface area contributed by atoms with Gasteiger partial charge < -0.3 is 9.47 Å². The molecule has 16 heavy (non-hydrogen) atoms. The van der Waals surface area contributed by atoms with Gasteiger partial charge in [-0.25, -0.2) is 0 Å². The van der Waals surface area contributed by atoms with Crippen molar-refractivity contribution in [2.24, 2.45) is 0 Å². The van der Waals surface area contributed by atoms with E-state index in [4.69, 9.17) is 9.47 Å². The number of aromatic amines is 1. The molecule has 0 unspecified atom stereocenters. The highest BCUT2D eigenvalue weighted by Gasteiger charge is 2.06. The number of H-pyrrole nitrogens is 1. The minimum absolute atomic E-state index is 0.260. The molecule has 0 fully saturated rings. The SMILES string of the molecule is COc1cc(C)ccc1OCc1nn[nH]n1. The van der Waals surface area contributed by atoms with E-state index in [2.05, 4.69) is 20.6 Å². The lowest BCUT2D eigenvalue weighted by Crippen LogP contribution is -1.99. The number of hydrogen-bond donors (Lipinski definition) is 1. The van der Waals surface area contributed by atoms with Gasteiger partial charge in [-0.2, -0.15) is 5.21 Å². The van der Waals surface area contributed by atoms with Crippen molar-refractivity contribution in [2.45, 2.75) is 13.5 Å². The summed E-state index contributed by atoms with van der Waals surface area (Å²) in [6.07, 6.45) is 0. The van der Waals surface area contributed by atoms with E-state index in [1.165, 1.54) is 0 Å². The first-order chi connectivity index (χ1) is 7.79. The van der Waals surface area contributed by atoms with Crippen LogP contribution >= 0.6 is 0 Å². The first-order valence-corrected chi connectivity index (χ1v) is 4.79. The fraction of sp³-hybridized carbons (Fsp3) is 0.300. The Balaban J connectivity index is 2.09. The molecule has 0 spiro atoms. The number of tetrazole rings is 1. The molecular weight excluding hydrogens is 208 g/mol. The average molecular weight is 220 g/mol. The van der Waals surface area contributed by atoms with Crippen LogP contribution in [-0.4, -0.2) is 27.7 Å². The smallest absolute Gasteiger partial charge is 0.211 e. The van der Waals surface area contributed by atoms with Crippen LogP contribution in [0.4, 0.5) is 0 Å².